The summed E-state index contributed by atoms with van der Waals surface area (Å²) in [5, 5.41) is 2.92. The lowest BCUT2D eigenvalue weighted by atomic mass is 10.3. The topological polar surface area (TPSA) is 144 Å². The Bertz CT molecular complexity index is 866. The highest BCUT2D eigenvalue weighted by Gasteiger charge is 2.17. The minimum Gasteiger partial charge on any atom is -0.383 e. The van der Waals surface area contributed by atoms with Gasteiger partial charge in [0.15, 0.2) is 5.16 Å². The number of anilines is 3. The first-order valence-electron chi connectivity index (χ1n) is 7.04. The second kappa shape index (κ2) is 7.68. The predicted octanol–water partition coefficient (Wildman–Crippen LogP) is 0.622. The van der Waals surface area contributed by atoms with Crippen LogP contribution in [0, 0.1) is 0 Å². The molecule has 0 aliphatic carbocycles. The molecule has 0 bridgehead atoms. The van der Waals surface area contributed by atoms with Crippen LogP contribution >= 0.6 is 11.8 Å². The van der Waals surface area contributed by atoms with Crippen molar-refractivity contribution in [3.8, 4) is 0 Å². The van der Waals surface area contributed by atoms with Crippen LogP contribution in [0.4, 0.5) is 17.3 Å². The minimum absolute atomic E-state index is 0.0214. The highest BCUT2D eigenvalue weighted by molar-refractivity contribution is 7.99. The second-order valence-electron chi connectivity index (χ2n) is 5.15. The molecule has 9 nitrogen and oxygen atoms in total. The van der Waals surface area contributed by atoms with E-state index in [9.17, 15) is 13.2 Å². The average molecular weight is 382 g/mol. The number of benzene rings is 1. The Hall–Kier alpha value is -2.37. The fourth-order valence-corrected chi connectivity index (χ4v) is 3.42. The van der Waals surface area contributed by atoms with Crippen molar-refractivity contribution >= 4 is 45.0 Å². The Balaban J connectivity index is 2.03. The smallest absolute Gasteiger partial charge is 0.242 e. The molecule has 0 unspecified atom stereocenters. The van der Waals surface area contributed by atoms with Gasteiger partial charge in [0.05, 0.1) is 10.6 Å². The van der Waals surface area contributed by atoms with Gasteiger partial charge in [-0.3, -0.25) is 4.79 Å². The van der Waals surface area contributed by atoms with Gasteiger partial charge in [-0.2, -0.15) is 0 Å². The van der Waals surface area contributed by atoms with Crippen molar-refractivity contribution < 1.29 is 13.2 Å². The van der Waals surface area contributed by atoms with Gasteiger partial charge < -0.3 is 16.8 Å². The summed E-state index contributed by atoms with van der Waals surface area (Å²) in [5.41, 5.74) is 11.5. The van der Waals surface area contributed by atoms with E-state index < -0.39 is 10.0 Å². The molecule has 1 aromatic heterocycles. The molecule has 2 aromatic rings. The zero-order valence-electron chi connectivity index (χ0n) is 13.6. The van der Waals surface area contributed by atoms with Crippen LogP contribution in [0.3, 0.4) is 0 Å². The monoisotopic (exact) mass is 382 g/mol. The lowest BCUT2D eigenvalue weighted by Crippen LogP contribution is -2.22. The van der Waals surface area contributed by atoms with Crippen molar-refractivity contribution in [3.05, 3.63) is 30.3 Å². The van der Waals surface area contributed by atoms with Crippen LogP contribution in [0.5, 0.6) is 0 Å². The van der Waals surface area contributed by atoms with E-state index in [0.29, 0.717) is 5.69 Å². The van der Waals surface area contributed by atoms with Crippen molar-refractivity contribution in [2.75, 3.05) is 36.6 Å². The summed E-state index contributed by atoms with van der Waals surface area (Å²) >= 11 is 1.07. The third-order valence-electron chi connectivity index (χ3n) is 2.97. The number of carbonyl (C=O) groups excluding carboxylic acids is 1. The van der Waals surface area contributed by atoms with Crippen molar-refractivity contribution in [1.29, 1.82) is 0 Å². The molecule has 0 fully saturated rings. The Morgan fingerprint density at radius 3 is 2.44 bits per heavy atom. The van der Waals surface area contributed by atoms with Gasteiger partial charge >= 0.3 is 0 Å². The molecule has 0 saturated heterocycles. The molecular weight excluding hydrogens is 364 g/mol. The lowest BCUT2D eigenvalue weighted by Gasteiger charge is -2.12. The van der Waals surface area contributed by atoms with Gasteiger partial charge in [-0.1, -0.05) is 17.8 Å². The maximum absolute atomic E-state index is 12.1. The number of nitrogens with zero attached hydrogens (tertiary/aromatic N) is 3. The van der Waals surface area contributed by atoms with Crippen LogP contribution in [0.15, 0.2) is 40.4 Å². The zero-order chi connectivity index (χ0) is 18.6. The molecule has 0 spiro atoms. The SMILES string of the molecule is CN(C)S(=O)(=O)c1cccc(NC(=O)CSc2nc(N)cc(N)n2)c1. The van der Waals surface area contributed by atoms with Gasteiger partial charge in [-0.15, -0.1) is 0 Å². The van der Waals surface area contributed by atoms with Crippen molar-refractivity contribution in [1.82, 2.24) is 14.3 Å². The molecule has 0 saturated carbocycles. The third kappa shape index (κ3) is 5.05. The summed E-state index contributed by atoms with van der Waals surface area (Å²) in [4.78, 5) is 20.1. The molecule has 0 aliphatic heterocycles. The highest BCUT2D eigenvalue weighted by Crippen LogP contribution is 2.19. The largest absolute Gasteiger partial charge is 0.383 e. The van der Waals surface area contributed by atoms with Crippen molar-refractivity contribution in [2.24, 2.45) is 0 Å². The van der Waals surface area contributed by atoms with Crippen LogP contribution in [0.1, 0.15) is 0 Å². The van der Waals surface area contributed by atoms with E-state index in [-0.39, 0.29) is 33.3 Å². The number of aromatic nitrogens is 2. The molecule has 0 aliphatic rings. The summed E-state index contributed by atoms with van der Waals surface area (Å²) in [6.07, 6.45) is 0. The highest BCUT2D eigenvalue weighted by atomic mass is 32.2. The van der Waals surface area contributed by atoms with Crippen LogP contribution in [0.25, 0.3) is 0 Å². The number of hydrogen-bond acceptors (Lipinski definition) is 8. The number of nitrogens with one attached hydrogen (secondary N) is 1. The molecule has 11 heteroatoms. The summed E-state index contributed by atoms with van der Waals surface area (Å²) < 4.78 is 25.3. The average Bonchev–Trinajstić information content (AvgIpc) is 2.52. The van der Waals surface area contributed by atoms with Gasteiger partial charge in [-0.05, 0) is 18.2 Å². The molecule has 1 amide bonds. The van der Waals surface area contributed by atoms with Gasteiger partial charge in [0.25, 0.3) is 0 Å². The standard InChI is InChI=1S/C14H18N6O3S2/c1-20(2)25(22,23)10-5-3-4-9(6-10)17-13(21)8-24-14-18-11(15)7-12(16)19-14/h3-7H,8H2,1-2H3,(H,17,21)(H4,15,16,18,19). The number of hydrogen-bond donors (Lipinski definition) is 3. The number of nitrogen functional groups attached to an aromatic ring is 2. The Labute approximate surface area is 149 Å². The fraction of sp³-hybridized carbons (Fsp3) is 0.214. The summed E-state index contributed by atoms with van der Waals surface area (Å²) in [5.74, 6) is 0.121. The van der Waals surface area contributed by atoms with Crippen LogP contribution in [-0.2, 0) is 14.8 Å². The Morgan fingerprint density at radius 2 is 1.84 bits per heavy atom. The number of carbonyl (C=O) groups is 1. The van der Waals surface area contributed by atoms with Gasteiger partial charge in [-0.25, -0.2) is 22.7 Å². The first-order chi connectivity index (χ1) is 11.7. The molecule has 0 atom stereocenters. The maximum atomic E-state index is 12.1. The first-order valence-corrected chi connectivity index (χ1v) is 9.46. The quantitative estimate of drug-likeness (QED) is 0.487. The maximum Gasteiger partial charge on any atom is 0.242 e. The molecule has 1 heterocycles. The van der Waals surface area contributed by atoms with Crippen molar-refractivity contribution in [2.45, 2.75) is 10.1 Å². The normalized spacial score (nSPS) is 11.5. The minimum atomic E-state index is -3.57. The van der Waals surface area contributed by atoms with E-state index in [1.54, 1.807) is 12.1 Å². The van der Waals surface area contributed by atoms with E-state index in [4.69, 9.17) is 11.5 Å². The lowest BCUT2D eigenvalue weighted by molar-refractivity contribution is -0.113. The summed E-state index contributed by atoms with van der Waals surface area (Å²) in [6, 6.07) is 7.43. The van der Waals surface area contributed by atoms with E-state index in [2.05, 4.69) is 15.3 Å². The molecular formula is C14H18N6O3S2. The number of amides is 1. The van der Waals surface area contributed by atoms with Crippen LogP contribution in [-0.4, -0.2) is 48.4 Å². The molecule has 1 aromatic carbocycles. The predicted molar refractivity (Wildman–Crippen MR) is 97.5 cm³/mol. The fourth-order valence-electron chi connectivity index (χ4n) is 1.80. The van der Waals surface area contributed by atoms with Gasteiger partial charge in [0.1, 0.15) is 11.6 Å². The van der Waals surface area contributed by atoms with Crippen LogP contribution < -0.4 is 16.8 Å². The number of rotatable bonds is 6. The van der Waals surface area contributed by atoms with Gasteiger partial charge in [0.2, 0.25) is 15.9 Å². The first kappa shape index (κ1) is 19.0. The Kier molecular flexibility index (Phi) is 5.82. The number of nitrogens with two attached hydrogens (primary N) is 2. The molecule has 25 heavy (non-hydrogen) atoms. The second-order valence-corrected chi connectivity index (χ2v) is 8.25. The van der Waals surface area contributed by atoms with Crippen molar-refractivity contribution in [3.63, 3.8) is 0 Å². The Morgan fingerprint density at radius 1 is 1.20 bits per heavy atom. The zero-order valence-corrected chi connectivity index (χ0v) is 15.3. The van der Waals surface area contributed by atoms with Gasteiger partial charge in [0, 0.05) is 25.8 Å². The third-order valence-corrected chi connectivity index (χ3v) is 5.63. The van der Waals surface area contributed by atoms with E-state index in [1.165, 1.54) is 32.3 Å². The van der Waals surface area contributed by atoms with E-state index in [1.807, 2.05) is 0 Å². The molecule has 5 N–H and O–H groups in total. The van der Waals surface area contributed by atoms with Crippen LogP contribution in [0.2, 0.25) is 0 Å². The van der Waals surface area contributed by atoms with E-state index >= 15 is 0 Å². The summed E-state index contributed by atoms with van der Waals surface area (Å²) in [7, 11) is -0.693. The molecule has 2 rings (SSSR count). The van der Waals surface area contributed by atoms with E-state index in [0.717, 1.165) is 16.1 Å². The number of sulfonamides is 1. The number of thioether (sulfide) groups is 1. The summed E-state index contributed by atoms with van der Waals surface area (Å²) in [6.45, 7) is 0. The molecule has 0 radical (unpaired) electrons. The molecule has 134 valence electrons.